The first kappa shape index (κ1) is 27.1. The minimum atomic E-state index is -0.957. The Morgan fingerprint density at radius 3 is 2.31 bits per heavy atom. The van der Waals surface area contributed by atoms with Crippen molar-refractivity contribution >= 4 is 5.97 Å². The van der Waals surface area contributed by atoms with Crippen molar-refractivity contribution in [3.63, 3.8) is 0 Å². The van der Waals surface area contributed by atoms with Crippen LogP contribution in [0, 0.1) is 22.5 Å². The maximum absolute atomic E-state index is 15.6. The number of aliphatic hydroxyl groups excluding tert-OH is 1. The van der Waals surface area contributed by atoms with Crippen LogP contribution < -0.4 is 9.47 Å². The van der Waals surface area contributed by atoms with Gasteiger partial charge in [-0.2, -0.15) is 0 Å². The van der Waals surface area contributed by atoms with E-state index in [1.165, 1.54) is 19.2 Å². The highest BCUT2D eigenvalue weighted by atomic mass is 19.1. The molecule has 0 aromatic heterocycles. The number of carboxylic acids is 1. The van der Waals surface area contributed by atoms with Gasteiger partial charge in [-0.25, -0.2) is 8.78 Å². The molecule has 206 valence electrons. The average Bonchev–Trinajstić information content (AvgIpc) is 3.85. The Labute approximate surface area is 227 Å². The fourth-order valence-corrected chi connectivity index (χ4v) is 5.38. The molecule has 2 aliphatic rings. The normalized spacial score (nSPS) is 18.2. The van der Waals surface area contributed by atoms with Gasteiger partial charge in [-0.1, -0.05) is 38.1 Å². The van der Waals surface area contributed by atoms with Crippen molar-refractivity contribution in [2.45, 2.75) is 64.6 Å². The van der Waals surface area contributed by atoms with Gasteiger partial charge < -0.3 is 19.7 Å². The van der Waals surface area contributed by atoms with Crippen molar-refractivity contribution in [3.8, 4) is 22.6 Å². The van der Waals surface area contributed by atoms with Gasteiger partial charge in [-0.3, -0.25) is 4.79 Å². The monoisotopic (exact) mass is 536 g/mol. The van der Waals surface area contributed by atoms with E-state index in [1.807, 2.05) is 13.8 Å². The van der Waals surface area contributed by atoms with Gasteiger partial charge in [0.2, 0.25) is 0 Å². The lowest BCUT2D eigenvalue weighted by molar-refractivity contribution is -0.137. The first-order chi connectivity index (χ1) is 18.5. The standard InChI is InChI=1S/C32H34F2O5/c1-31(11-12-31)25(17-28(35)36)22-5-4-6-27(29(22)34)39-18-19-7-9-21(23-16-20(38-3)8-10-26(23)33)24(15-19)30(37)32(2)13-14-32/h4-10,15-16,25,30,37H,11-14,17-18H2,1-3H3,(H,35,36)/t25-,30-/m1/s1. The molecule has 2 saturated carbocycles. The smallest absolute Gasteiger partial charge is 0.303 e. The van der Waals surface area contributed by atoms with Crippen LogP contribution in [0.4, 0.5) is 8.78 Å². The summed E-state index contributed by atoms with van der Waals surface area (Å²) >= 11 is 0. The number of aliphatic carboxylic acids is 1. The van der Waals surface area contributed by atoms with Crippen molar-refractivity contribution in [2.75, 3.05) is 7.11 Å². The largest absolute Gasteiger partial charge is 0.497 e. The Hall–Kier alpha value is -3.45. The van der Waals surface area contributed by atoms with E-state index in [0.29, 0.717) is 33.6 Å². The number of hydrogen-bond acceptors (Lipinski definition) is 4. The summed E-state index contributed by atoms with van der Waals surface area (Å²) in [7, 11) is 1.52. The number of carboxylic acid groups (broad SMARTS) is 1. The molecule has 2 aliphatic carbocycles. The number of methoxy groups -OCH3 is 1. The van der Waals surface area contributed by atoms with Crippen molar-refractivity contribution in [1.29, 1.82) is 0 Å². The second-order valence-electron chi connectivity index (χ2n) is 11.6. The van der Waals surface area contributed by atoms with Crippen LogP contribution in [0.5, 0.6) is 11.5 Å². The molecule has 0 radical (unpaired) electrons. The summed E-state index contributed by atoms with van der Waals surface area (Å²) in [4.78, 5) is 11.5. The molecular weight excluding hydrogens is 502 g/mol. The molecule has 0 amide bonds. The minimum absolute atomic E-state index is 0.0263. The van der Waals surface area contributed by atoms with Crippen LogP contribution >= 0.6 is 0 Å². The van der Waals surface area contributed by atoms with E-state index in [-0.39, 0.29) is 29.6 Å². The summed E-state index contributed by atoms with van der Waals surface area (Å²) < 4.78 is 41.7. The van der Waals surface area contributed by atoms with Crippen LogP contribution in [-0.4, -0.2) is 23.3 Å². The van der Waals surface area contributed by atoms with Crippen molar-refractivity contribution in [2.24, 2.45) is 10.8 Å². The number of rotatable bonds is 11. The van der Waals surface area contributed by atoms with E-state index in [9.17, 15) is 19.4 Å². The predicted octanol–water partition coefficient (Wildman–Crippen LogP) is 7.41. The molecule has 7 heteroatoms. The summed E-state index contributed by atoms with van der Waals surface area (Å²) in [6, 6.07) is 14.7. The molecule has 3 aromatic carbocycles. The van der Waals surface area contributed by atoms with Crippen molar-refractivity contribution in [1.82, 2.24) is 0 Å². The second-order valence-corrected chi connectivity index (χ2v) is 11.6. The molecular formula is C32H34F2O5. The summed E-state index contributed by atoms with van der Waals surface area (Å²) in [5, 5.41) is 20.7. The number of aliphatic hydroxyl groups is 1. The Morgan fingerprint density at radius 1 is 0.949 bits per heavy atom. The lowest BCUT2D eigenvalue weighted by atomic mass is 9.81. The Kier molecular flexibility index (Phi) is 7.14. The Balaban J connectivity index is 1.44. The average molecular weight is 537 g/mol. The SMILES string of the molecule is COc1ccc(F)c(-c2ccc(COc3cccc([C@@H](CC(=O)O)C4(C)CC4)c3F)cc2[C@@H](O)C2(C)CC2)c1. The Morgan fingerprint density at radius 2 is 1.67 bits per heavy atom. The van der Waals surface area contributed by atoms with E-state index in [0.717, 1.165) is 25.7 Å². The molecule has 0 saturated heterocycles. The number of carbonyl (C=O) groups is 1. The molecule has 5 rings (SSSR count). The summed E-state index contributed by atoms with van der Waals surface area (Å²) in [5.41, 5.74) is 2.02. The molecule has 0 aliphatic heterocycles. The third-order valence-corrected chi connectivity index (χ3v) is 8.59. The highest BCUT2D eigenvalue weighted by Gasteiger charge is 2.47. The van der Waals surface area contributed by atoms with Gasteiger partial charge in [0.1, 0.15) is 18.2 Å². The predicted molar refractivity (Wildman–Crippen MR) is 144 cm³/mol. The van der Waals surface area contributed by atoms with Gasteiger partial charge in [0.05, 0.1) is 19.6 Å². The van der Waals surface area contributed by atoms with Crippen molar-refractivity contribution < 1.29 is 33.3 Å². The molecule has 2 atom stereocenters. The maximum atomic E-state index is 15.6. The topological polar surface area (TPSA) is 76.0 Å². The highest BCUT2D eigenvalue weighted by Crippen LogP contribution is 2.58. The van der Waals surface area contributed by atoms with Gasteiger partial charge in [0.15, 0.2) is 11.6 Å². The van der Waals surface area contributed by atoms with Crippen LogP contribution in [0.1, 0.15) is 74.7 Å². The molecule has 0 heterocycles. The van der Waals surface area contributed by atoms with E-state index < -0.39 is 29.6 Å². The second kappa shape index (κ2) is 10.3. The third kappa shape index (κ3) is 5.50. The maximum Gasteiger partial charge on any atom is 0.303 e. The molecule has 5 nitrogen and oxygen atoms in total. The zero-order valence-corrected chi connectivity index (χ0v) is 22.5. The Bertz CT molecular complexity index is 1390. The molecule has 2 N–H and O–H groups in total. The van der Waals surface area contributed by atoms with Crippen LogP contribution in [0.15, 0.2) is 54.6 Å². The van der Waals surface area contributed by atoms with Crippen LogP contribution in [0.25, 0.3) is 11.1 Å². The molecule has 0 bridgehead atoms. The number of ether oxygens (including phenoxy) is 2. The van der Waals surface area contributed by atoms with Crippen LogP contribution in [0.2, 0.25) is 0 Å². The fraction of sp³-hybridized carbons (Fsp3) is 0.406. The summed E-state index contributed by atoms with van der Waals surface area (Å²) in [5.74, 6) is -1.80. The summed E-state index contributed by atoms with van der Waals surface area (Å²) in [6.45, 7) is 4.02. The summed E-state index contributed by atoms with van der Waals surface area (Å²) in [6.07, 6.45) is 2.50. The molecule has 0 unspecified atom stereocenters. The van der Waals surface area contributed by atoms with Crippen LogP contribution in [-0.2, 0) is 11.4 Å². The van der Waals surface area contributed by atoms with E-state index in [1.54, 1.807) is 42.5 Å². The molecule has 0 spiro atoms. The van der Waals surface area contributed by atoms with Gasteiger partial charge in [0.25, 0.3) is 0 Å². The van der Waals surface area contributed by atoms with E-state index in [2.05, 4.69) is 0 Å². The minimum Gasteiger partial charge on any atom is -0.497 e. The van der Waals surface area contributed by atoms with Gasteiger partial charge >= 0.3 is 5.97 Å². The molecule has 3 aromatic rings. The lowest BCUT2D eigenvalue weighted by Gasteiger charge is -2.24. The van der Waals surface area contributed by atoms with E-state index >= 15 is 4.39 Å². The first-order valence-electron chi connectivity index (χ1n) is 13.3. The number of hydrogen-bond donors (Lipinski definition) is 2. The highest BCUT2D eigenvalue weighted by molar-refractivity contribution is 5.71. The quantitative estimate of drug-likeness (QED) is 0.267. The first-order valence-corrected chi connectivity index (χ1v) is 13.3. The van der Waals surface area contributed by atoms with Gasteiger partial charge in [0, 0.05) is 11.5 Å². The van der Waals surface area contributed by atoms with Gasteiger partial charge in [-0.15, -0.1) is 0 Å². The van der Waals surface area contributed by atoms with Crippen LogP contribution in [0.3, 0.4) is 0 Å². The molecule has 39 heavy (non-hydrogen) atoms. The molecule has 2 fully saturated rings. The lowest BCUT2D eigenvalue weighted by Crippen LogP contribution is -2.17. The zero-order chi connectivity index (χ0) is 27.9. The van der Waals surface area contributed by atoms with Crippen molar-refractivity contribution in [3.05, 3.63) is 82.9 Å². The number of halogens is 2. The number of benzene rings is 3. The third-order valence-electron chi connectivity index (χ3n) is 8.59. The zero-order valence-electron chi connectivity index (χ0n) is 22.5. The fourth-order valence-electron chi connectivity index (χ4n) is 5.38. The van der Waals surface area contributed by atoms with Gasteiger partial charge in [-0.05, 0) is 89.1 Å². The van der Waals surface area contributed by atoms with E-state index in [4.69, 9.17) is 9.47 Å².